The second kappa shape index (κ2) is 8.06. The van der Waals surface area contributed by atoms with Crippen LogP contribution in [0, 0.1) is 0 Å². The van der Waals surface area contributed by atoms with Crippen molar-refractivity contribution < 1.29 is 5.11 Å². The summed E-state index contributed by atoms with van der Waals surface area (Å²) in [4.78, 5) is 2.37. The Morgan fingerprint density at radius 3 is 2.18 bits per heavy atom. The van der Waals surface area contributed by atoms with E-state index in [-0.39, 0.29) is 12.1 Å². The van der Waals surface area contributed by atoms with E-state index in [1.54, 1.807) is 0 Å². The first-order valence-electron chi connectivity index (χ1n) is 6.89. The summed E-state index contributed by atoms with van der Waals surface area (Å²) in [6.45, 7) is 12.2. The molecule has 0 saturated heterocycles. The molecule has 0 saturated carbocycles. The van der Waals surface area contributed by atoms with Crippen LogP contribution < -0.4 is 5.32 Å². The highest BCUT2D eigenvalue weighted by atomic mass is 16.3. The SMILES string of the molecule is CC(C)NC(C)(CO)CCCCN(C)C(C)C. The van der Waals surface area contributed by atoms with Crippen LogP contribution in [0.25, 0.3) is 0 Å². The van der Waals surface area contributed by atoms with Crippen molar-refractivity contribution >= 4 is 0 Å². The third-order valence-electron chi connectivity index (χ3n) is 3.36. The van der Waals surface area contributed by atoms with E-state index in [1.165, 1.54) is 6.42 Å². The number of nitrogens with zero attached hydrogens (tertiary/aromatic N) is 1. The molecule has 1 atom stereocenters. The highest BCUT2D eigenvalue weighted by Gasteiger charge is 2.23. The number of aliphatic hydroxyl groups excluding tert-OH is 1. The molecule has 3 nitrogen and oxygen atoms in total. The van der Waals surface area contributed by atoms with E-state index >= 15 is 0 Å². The molecule has 0 aliphatic carbocycles. The first-order valence-corrected chi connectivity index (χ1v) is 6.89. The fraction of sp³-hybridized carbons (Fsp3) is 1.00. The van der Waals surface area contributed by atoms with Crippen molar-refractivity contribution in [3.05, 3.63) is 0 Å². The summed E-state index contributed by atoms with van der Waals surface area (Å²) in [7, 11) is 2.17. The number of hydrogen-bond donors (Lipinski definition) is 2. The Labute approximate surface area is 108 Å². The first kappa shape index (κ1) is 16.9. The van der Waals surface area contributed by atoms with Gasteiger partial charge in [-0.3, -0.25) is 0 Å². The Balaban J connectivity index is 3.84. The zero-order valence-electron chi connectivity index (χ0n) is 12.6. The summed E-state index contributed by atoms with van der Waals surface area (Å²) in [5.41, 5.74) is -0.120. The average Bonchev–Trinajstić information content (AvgIpc) is 2.23. The maximum Gasteiger partial charge on any atom is 0.0610 e. The van der Waals surface area contributed by atoms with Gasteiger partial charge in [0.05, 0.1) is 6.61 Å². The topological polar surface area (TPSA) is 35.5 Å². The monoisotopic (exact) mass is 244 g/mol. The molecular formula is C14H32N2O. The van der Waals surface area contributed by atoms with Gasteiger partial charge >= 0.3 is 0 Å². The summed E-state index contributed by atoms with van der Waals surface area (Å²) in [5.74, 6) is 0. The van der Waals surface area contributed by atoms with Gasteiger partial charge in [-0.1, -0.05) is 20.3 Å². The molecule has 0 aliphatic rings. The molecule has 0 bridgehead atoms. The summed E-state index contributed by atoms with van der Waals surface area (Å²) < 4.78 is 0. The molecule has 3 heteroatoms. The van der Waals surface area contributed by atoms with Crippen LogP contribution in [0.5, 0.6) is 0 Å². The predicted molar refractivity (Wildman–Crippen MR) is 75.4 cm³/mol. The zero-order valence-corrected chi connectivity index (χ0v) is 12.6. The van der Waals surface area contributed by atoms with Gasteiger partial charge in [0, 0.05) is 17.6 Å². The predicted octanol–water partition coefficient (Wildman–Crippen LogP) is 2.25. The second-order valence-electron chi connectivity index (χ2n) is 6.05. The van der Waals surface area contributed by atoms with Gasteiger partial charge in [0.15, 0.2) is 0 Å². The molecule has 0 aromatic rings. The lowest BCUT2D eigenvalue weighted by molar-refractivity contribution is 0.152. The lowest BCUT2D eigenvalue weighted by atomic mass is 9.94. The first-order chi connectivity index (χ1) is 7.80. The average molecular weight is 244 g/mol. The summed E-state index contributed by atoms with van der Waals surface area (Å²) >= 11 is 0. The largest absolute Gasteiger partial charge is 0.394 e. The molecule has 0 radical (unpaired) electrons. The third kappa shape index (κ3) is 7.74. The van der Waals surface area contributed by atoms with Crippen molar-refractivity contribution in [1.29, 1.82) is 0 Å². The van der Waals surface area contributed by atoms with E-state index in [0.717, 1.165) is 19.4 Å². The van der Waals surface area contributed by atoms with Crippen LogP contribution >= 0.6 is 0 Å². The maximum absolute atomic E-state index is 9.46. The van der Waals surface area contributed by atoms with Crippen molar-refractivity contribution in [2.75, 3.05) is 20.2 Å². The van der Waals surface area contributed by atoms with Gasteiger partial charge in [-0.2, -0.15) is 0 Å². The number of rotatable bonds is 9. The lowest BCUT2D eigenvalue weighted by Crippen LogP contribution is -2.49. The van der Waals surface area contributed by atoms with Crippen LogP contribution in [-0.4, -0.2) is 47.8 Å². The van der Waals surface area contributed by atoms with E-state index in [0.29, 0.717) is 12.1 Å². The zero-order chi connectivity index (χ0) is 13.5. The number of aliphatic hydroxyl groups is 1. The Morgan fingerprint density at radius 1 is 1.18 bits per heavy atom. The van der Waals surface area contributed by atoms with Crippen molar-refractivity contribution in [3.8, 4) is 0 Å². The van der Waals surface area contributed by atoms with E-state index in [4.69, 9.17) is 0 Å². The Bertz CT molecular complexity index is 195. The molecule has 0 aliphatic heterocycles. The van der Waals surface area contributed by atoms with Gasteiger partial charge in [-0.05, 0) is 47.2 Å². The van der Waals surface area contributed by atoms with Crippen molar-refractivity contribution in [2.24, 2.45) is 0 Å². The summed E-state index contributed by atoms with van der Waals surface area (Å²) in [5, 5.41) is 12.9. The molecule has 0 rings (SSSR count). The molecule has 1 unspecified atom stereocenters. The van der Waals surface area contributed by atoms with E-state index in [9.17, 15) is 5.11 Å². The minimum Gasteiger partial charge on any atom is -0.394 e. The normalized spacial score (nSPS) is 15.9. The number of nitrogens with one attached hydrogen (secondary N) is 1. The second-order valence-corrected chi connectivity index (χ2v) is 6.05. The lowest BCUT2D eigenvalue weighted by Gasteiger charge is -2.31. The van der Waals surface area contributed by atoms with Crippen LogP contribution in [0.1, 0.15) is 53.9 Å². The standard InChI is InChI=1S/C14H32N2O/c1-12(2)15-14(5,11-17)9-7-8-10-16(6)13(3)4/h12-13,15,17H,7-11H2,1-6H3. The molecule has 0 heterocycles. The van der Waals surface area contributed by atoms with Crippen molar-refractivity contribution in [2.45, 2.75) is 71.5 Å². The fourth-order valence-corrected chi connectivity index (χ4v) is 2.03. The molecule has 2 N–H and O–H groups in total. The van der Waals surface area contributed by atoms with Gasteiger partial charge in [-0.15, -0.1) is 0 Å². The molecule has 0 amide bonds. The highest BCUT2D eigenvalue weighted by molar-refractivity contribution is 4.83. The van der Waals surface area contributed by atoms with Crippen molar-refractivity contribution in [1.82, 2.24) is 10.2 Å². The maximum atomic E-state index is 9.46. The quantitative estimate of drug-likeness (QED) is 0.611. The summed E-state index contributed by atoms with van der Waals surface area (Å²) in [6.07, 6.45) is 3.39. The minimum atomic E-state index is -0.120. The van der Waals surface area contributed by atoms with Crippen LogP contribution in [0.4, 0.5) is 0 Å². The third-order valence-corrected chi connectivity index (χ3v) is 3.36. The van der Waals surface area contributed by atoms with Crippen molar-refractivity contribution in [3.63, 3.8) is 0 Å². The number of hydrogen-bond acceptors (Lipinski definition) is 3. The van der Waals surface area contributed by atoms with Gasteiger partial charge in [0.2, 0.25) is 0 Å². The Hall–Kier alpha value is -0.120. The Kier molecular flexibility index (Phi) is 8.01. The highest BCUT2D eigenvalue weighted by Crippen LogP contribution is 2.14. The van der Waals surface area contributed by atoms with Crippen LogP contribution in [0.2, 0.25) is 0 Å². The number of unbranched alkanes of at least 4 members (excludes halogenated alkanes) is 1. The Morgan fingerprint density at radius 2 is 1.76 bits per heavy atom. The molecule has 0 spiro atoms. The molecule has 104 valence electrons. The van der Waals surface area contributed by atoms with Gasteiger partial charge in [0.1, 0.15) is 0 Å². The van der Waals surface area contributed by atoms with Crippen LogP contribution in [-0.2, 0) is 0 Å². The van der Waals surface area contributed by atoms with Gasteiger partial charge in [-0.25, -0.2) is 0 Å². The van der Waals surface area contributed by atoms with Gasteiger partial charge < -0.3 is 15.3 Å². The van der Waals surface area contributed by atoms with E-state index in [2.05, 4.69) is 51.9 Å². The van der Waals surface area contributed by atoms with E-state index < -0.39 is 0 Å². The van der Waals surface area contributed by atoms with Crippen LogP contribution in [0.3, 0.4) is 0 Å². The van der Waals surface area contributed by atoms with Gasteiger partial charge in [0.25, 0.3) is 0 Å². The fourth-order valence-electron chi connectivity index (χ4n) is 2.03. The van der Waals surface area contributed by atoms with Crippen LogP contribution in [0.15, 0.2) is 0 Å². The van der Waals surface area contributed by atoms with E-state index in [1.807, 2.05) is 0 Å². The summed E-state index contributed by atoms with van der Waals surface area (Å²) in [6, 6.07) is 1.04. The minimum absolute atomic E-state index is 0.120. The molecule has 0 aromatic carbocycles. The molecule has 0 fully saturated rings. The molecular weight excluding hydrogens is 212 g/mol. The smallest absolute Gasteiger partial charge is 0.0610 e. The molecule has 0 aromatic heterocycles. The molecule has 17 heavy (non-hydrogen) atoms.